The summed E-state index contributed by atoms with van der Waals surface area (Å²) in [7, 11) is 0. The van der Waals surface area contributed by atoms with Crippen molar-refractivity contribution in [1.29, 1.82) is 0 Å². The summed E-state index contributed by atoms with van der Waals surface area (Å²) in [5.74, 6) is 0.342. The number of urea groups is 1. The third kappa shape index (κ3) is 4.30. The molecule has 5 heteroatoms. The van der Waals surface area contributed by atoms with Crippen LogP contribution < -0.4 is 11.2 Å². The first-order valence-corrected chi connectivity index (χ1v) is 10.5. The molecule has 1 heterocycles. The molecule has 3 N–H and O–H groups in total. The first-order valence-electron chi connectivity index (χ1n) is 8.56. The number of amides is 2. The summed E-state index contributed by atoms with van der Waals surface area (Å²) in [6.07, 6.45) is 1.88. The van der Waals surface area contributed by atoms with Crippen molar-refractivity contribution in [2.45, 2.75) is 29.4 Å². The molecular weight excluding hydrogens is 377 g/mol. The Kier molecular flexibility index (Phi) is 5.90. The molecule has 0 spiro atoms. The summed E-state index contributed by atoms with van der Waals surface area (Å²) in [5, 5.41) is 4.39. The molecule has 1 aliphatic heterocycles. The Hall–Kier alpha value is -2.10. The molecule has 130 valence electrons. The Morgan fingerprint density at radius 1 is 1.12 bits per heavy atom. The molecule has 0 saturated carbocycles. The third-order valence-electron chi connectivity index (χ3n) is 4.55. The average Bonchev–Trinajstić information content (AvgIpc) is 2.67. The van der Waals surface area contributed by atoms with Gasteiger partial charge >= 0.3 is 155 Å². The van der Waals surface area contributed by atoms with Crippen LogP contribution in [0.2, 0.25) is 0 Å². The van der Waals surface area contributed by atoms with Crippen LogP contribution in [0.4, 0.5) is 4.79 Å². The summed E-state index contributed by atoms with van der Waals surface area (Å²) in [4.78, 5) is 12.1. The number of primary amides is 1. The van der Waals surface area contributed by atoms with Gasteiger partial charge in [0.1, 0.15) is 0 Å². The zero-order valence-corrected chi connectivity index (χ0v) is 16.0. The molecule has 1 fully saturated rings. The quantitative estimate of drug-likeness (QED) is 0.597. The van der Waals surface area contributed by atoms with Crippen molar-refractivity contribution in [2.24, 2.45) is 16.8 Å². The van der Waals surface area contributed by atoms with E-state index in [4.69, 9.17) is 5.73 Å². The van der Waals surface area contributed by atoms with E-state index in [1.54, 1.807) is 0 Å². The number of benzene rings is 2. The fraction of sp³-hybridized carbons (Fsp3) is 0.300. The summed E-state index contributed by atoms with van der Waals surface area (Å²) in [6.45, 7) is 2.19. The molecule has 2 amide bonds. The second kappa shape index (κ2) is 8.32. The molecule has 2 aromatic carbocycles. The van der Waals surface area contributed by atoms with Crippen molar-refractivity contribution in [3.63, 3.8) is 0 Å². The van der Waals surface area contributed by atoms with Crippen LogP contribution in [0.15, 0.2) is 65.8 Å². The van der Waals surface area contributed by atoms with Gasteiger partial charge in [-0.3, -0.25) is 0 Å². The monoisotopic (exact) mass is 401 g/mol. The van der Waals surface area contributed by atoms with Crippen LogP contribution in [0.3, 0.4) is 0 Å². The van der Waals surface area contributed by atoms with Crippen molar-refractivity contribution in [1.82, 2.24) is 5.43 Å². The van der Waals surface area contributed by atoms with E-state index in [9.17, 15) is 4.79 Å². The van der Waals surface area contributed by atoms with Crippen molar-refractivity contribution in [2.75, 3.05) is 0 Å². The van der Waals surface area contributed by atoms with Gasteiger partial charge in [-0.15, -0.1) is 0 Å². The molecule has 3 unspecified atom stereocenters. The van der Waals surface area contributed by atoms with Crippen LogP contribution in [-0.4, -0.2) is 26.7 Å². The molecule has 4 nitrogen and oxygen atoms in total. The second-order valence-electron chi connectivity index (χ2n) is 6.16. The number of carbonyl (C=O) groups is 1. The summed E-state index contributed by atoms with van der Waals surface area (Å²) in [6, 6.07) is 20.7. The van der Waals surface area contributed by atoms with Crippen LogP contribution >= 0.6 is 0 Å². The maximum atomic E-state index is 11.1. The van der Waals surface area contributed by atoms with Crippen LogP contribution in [0.25, 0.3) is 0 Å². The number of carbonyl (C=O) groups excluding carboxylic acids is 1. The molecule has 3 rings (SSSR count). The minimum atomic E-state index is -0.606. The van der Waals surface area contributed by atoms with E-state index in [1.165, 1.54) is 11.1 Å². The number of hydrogen-bond donors (Lipinski definition) is 2. The van der Waals surface area contributed by atoms with Crippen molar-refractivity contribution in [3.05, 3.63) is 71.8 Å². The number of hydrogen-bond acceptors (Lipinski definition) is 2. The topological polar surface area (TPSA) is 67.5 Å². The zero-order chi connectivity index (χ0) is 17.6. The van der Waals surface area contributed by atoms with Gasteiger partial charge in [0.05, 0.1) is 0 Å². The number of nitrogens with two attached hydrogens (primary N) is 1. The molecule has 2 aromatic rings. The zero-order valence-electron chi connectivity index (χ0n) is 14.3. The minimum absolute atomic E-state index is 0.342. The van der Waals surface area contributed by atoms with Gasteiger partial charge in [0.2, 0.25) is 0 Å². The van der Waals surface area contributed by atoms with Gasteiger partial charge in [-0.2, -0.15) is 0 Å². The molecule has 1 saturated heterocycles. The van der Waals surface area contributed by atoms with Gasteiger partial charge in [-0.05, 0) is 0 Å². The number of rotatable bonds is 4. The SMILES string of the molecule is CCC1/C(=N/NC(N)=O)CC(c2ccccc2)[Se]C1c1ccccc1. The van der Waals surface area contributed by atoms with E-state index in [0.29, 0.717) is 30.5 Å². The Balaban J connectivity index is 1.97. The van der Waals surface area contributed by atoms with E-state index in [-0.39, 0.29) is 0 Å². The van der Waals surface area contributed by atoms with Gasteiger partial charge in [-0.1, -0.05) is 0 Å². The predicted molar refractivity (Wildman–Crippen MR) is 103 cm³/mol. The first kappa shape index (κ1) is 17.7. The van der Waals surface area contributed by atoms with Crippen LogP contribution in [0, 0.1) is 5.92 Å². The average molecular weight is 400 g/mol. The number of nitrogens with zero attached hydrogens (tertiary/aromatic N) is 1. The summed E-state index contributed by atoms with van der Waals surface area (Å²) < 4.78 is 0. The molecular formula is C20H23N3OSe. The fourth-order valence-electron chi connectivity index (χ4n) is 3.36. The molecule has 3 atom stereocenters. The second-order valence-corrected chi connectivity index (χ2v) is 9.00. The van der Waals surface area contributed by atoms with E-state index >= 15 is 0 Å². The first-order chi connectivity index (χ1) is 12.2. The van der Waals surface area contributed by atoms with Gasteiger partial charge in [0.25, 0.3) is 0 Å². The Labute approximate surface area is 155 Å². The number of hydrazone groups is 1. The molecule has 0 bridgehead atoms. The van der Waals surface area contributed by atoms with Gasteiger partial charge in [-0.25, -0.2) is 0 Å². The van der Waals surface area contributed by atoms with Gasteiger partial charge < -0.3 is 0 Å². The molecule has 0 radical (unpaired) electrons. The Morgan fingerprint density at radius 3 is 2.28 bits per heavy atom. The van der Waals surface area contributed by atoms with E-state index in [0.717, 1.165) is 18.6 Å². The standard InChI is InChI=1S/C20H23N3OSe/c1-2-16-17(22-23-20(21)24)13-18(14-9-5-3-6-10-14)25-19(16)15-11-7-4-8-12-15/h3-12,16,18-19H,2,13H2,1H3,(H3,21,23,24)/b22-17+. The van der Waals surface area contributed by atoms with Crippen LogP contribution in [0.5, 0.6) is 0 Å². The maximum absolute atomic E-state index is 11.1. The normalized spacial score (nSPS) is 24.8. The predicted octanol–water partition coefficient (Wildman–Crippen LogP) is 3.63. The van der Waals surface area contributed by atoms with Crippen molar-refractivity contribution < 1.29 is 4.79 Å². The van der Waals surface area contributed by atoms with Gasteiger partial charge in [0, 0.05) is 0 Å². The Morgan fingerprint density at radius 2 is 1.72 bits per heavy atom. The van der Waals surface area contributed by atoms with Crippen LogP contribution in [-0.2, 0) is 0 Å². The molecule has 0 aromatic heterocycles. The fourth-order valence-corrected chi connectivity index (χ4v) is 7.11. The summed E-state index contributed by atoms with van der Waals surface area (Å²) >= 11 is 0.412. The summed E-state index contributed by atoms with van der Waals surface area (Å²) in [5.41, 5.74) is 11.5. The molecule has 25 heavy (non-hydrogen) atoms. The molecule has 1 aliphatic rings. The Bertz CT molecular complexity index is 733. The van der Waals surface area contributed by atoms with Crippen molar-refractivity contribution >= 4 is 26.7 Å². The van der Waals surface area contributed by atoms with Crippen LogP contribution in [0.1, 0.15) is 40.5 Å². The van der Waals surface area contributed by atoms with E-state index < -0.39 is 6.03 Å². The molecule has 0 aliphatic carbocycles. The van der Waals surface area contributed by atoms with E-state index in [1.807, 2.05) is 6.07 Å². The van der Waals surface area contributed by atoms with E-state index in [2.05, 4.69) is 72.0 Å². The van der Waals surface area contributed by atoms with Crippen molar-refractivity contribution in [3.8, 4) is 0 Å². The van der Waals surface area contributed by atoms with Gasteiger partial charge in [0.15, 0.2) is 0 Å². The number of nitrogens with one attached hydrogen (secondary N) is 1. The third-order valence-corrected chi connectivity index (χ3v) is 8.03.